The molecule has 0 heterocycles. The molecule has 0 aliphatic carbocycles. The number of hydrogen-bond acceptors (Lipinski definition) is 2. The second kappa shape index (κ2) is 9.97. The van der Waals surface area contributed by atoms with E-state index in [2.05, 4.69) is 74.6 Å². The van der Waals surface area contributed by atoms with Gasteiger partial charge in [0.2, 0.25) is 0 Å². The van der Waals surface area contributed by atoms with E-state index in [4.69, 9.17) is 0 Å². The molecule has 1 unspecified atom stereocenters. The molecule has 0 aromatic heterocycles. The Hall–Kier alpha value is -3.17. The Morgan fingerprint density at radius 2 is 1.31 bits per heavy atom. The molecule has 0 fully saturated rings. The third-order valence-corrected chi connectivity index (χ3v) is 7.28. The summed E-state index contributed by atoms with van der Waals surface area (Å²) in [5.74, 6) is 0. The standard InChI is InChI=1S/C29H29NOS/c1-21-12-16-26(18-23(21)3)30-27-17-13-22(2)25(20-27)15-14-24-8-7-11-29(19-24)32(31)28-9-5-4-6-10-28/h4-13,16-20,30H,14-15H2,1-3H3. The third-order valence-electron chi connectivity index (χ3n) is 5.90. The zero-order valence-electron chi connectivity index (χ0n) is 18.9. The first-order valence-electron chi connectivity index (χ1n) is 11.0. The van der Waals surface area contributed by atoms with Gasteiger partial charge in [-0.2, -0.15) is 0 Å². The maximum atomic E-state index is 12.9. The quantitative estimate of drug-likeness (QED) is 0.327. The van der Waals surface area contributed by atoms with Crippen LogP contribution in [0, 0.1) is 20.8 Å². The Balaban J connectivity index is 1.47. The molecule has 3 heteroatoms. The van der Waals surface area contributed by atoms with E-state index in [-0.39, 0.29) is 0 Å². The summed E-state index contributed by atoms with van der Waals surface area (Å²) in [4.78, 5) is 1.70. The number of rotatable bonds is 7. The lowest BCUT2D eigenvalue weighted by Gasteiger charge is -2.13. The fourth-order valence-corrected chi connectivity index (χ4v) is 4.92. The normalized spacial score (nSPS) is 11.8. The van der Waals surface area contributed by atoms with E-state index in [9.17, 15) is 4.21 Å². The van der Waals surface area contributed by atoms with E-state index >= 15 is 0 Å². The number of aryl methyl sites for hydroxylation is 5. The molecule has 1 N–H and O–H groups in total. The van der Waals surface area contributed by atoms with E-state index in [1.807, 2.05) is 42.5 Å². The summed E-state index contributed by atoms with van der Waals surface area (Å²) in [6.45, 7) is 6.43. The second-order valence-electron chi connectivity index (χ2n) is 8.29. The van der Waals surface area contributed by atoms with Crippen molar-refractivity contribution in [2.24, 2.45) is 0 Å². The SMILES string of the molecule is Cc1ccc(Nc2ccc(C)c(CCc3cccc(S(=O)c4ccccc4)c3)c2)cc1C. The molecule has 0 saturated carbocycles. The summed E-state index contributed by atoms with van der Waals surface area (Å²) in [5, 5.41) is 3.54. The molecule has 0 spiro atoms. The minimum atomic E-state index is -1.15. The fraction of sp³-hybridized carbons (Fsp3) is 0.172. The molecule has 0 aliphatic heterocycles. The Labute approximate surface area is 193 Å². The van der Waals surface area contributed by atoms with Crippen LogP contribution < -0.4 is 5.32 Å². The first-order chi connectivity index (χ1) is 15.5. The molecule has 0 radical (unpaired) electrons. The molecule has 0 saturated heterocycles. The molecule has 2 nitrogen and oxygen atoms in total. The highest BCUT2D eigenvalue weighted by atomic mass is 32.2. The van der Waals surface area contributed by atoms with Crippen molar-refractivity contribution in [1.82, 2.24) is 0 Å². The smallest absolute Gasteiger partial charge is 0.0849 e. The maximum Gasteiger partial charge on any atom is 0.0849 e. The van der Waals surface area contributed by atoms with Crippen molar-refractivity contribution in [2.45, 2.75) is 43.4 Å². The van der Waals surface area contributed by atoms with E-state index < -0.39 is 10.8 Å². The molecule has 0 amide bonds. The van der Waals surface area contributed by atoms with E-state index in [0.29, 0.717) is 0 Å². The number of anilines is 2. The molecule has 4 aromatic rings. The number of hydrogen-bond donors (Lipinski definition) is 1. The molecule has 4 rings (SSSR count). The van der Waals surface area contributed by atoms with Gasteiger partial charge in [0.25, 0.3) is 0 Å². The van der Waals surface area contributed by atoms with Crippen LogP contribution in [0.2, 0.25) is 0 Å². The van der Waals surface area contributed by atoms with Crippen molar-refractivity contribution in [3.8, 4) is 0 Å². The van der Waals surface area contributed by atoms with Gasteiger partial charge in [-0.05, 0) is 110 Å². The van der Waals surface area contributed by atoms with Gasteiger partial charge >= 0.3 is 0 Å². The highest BCUT2D eigenvalue weighted by Gasteiger charge is 2.08. The number of benzene rings is 4. The summed E-state index contributed by atoms with van der Waals surface area (Å²) < 4.78 is 12.9. The molecular weight excluding hydrogens is 410 g/mol. The molecular formula is C29H29NOS. The highest BCUT2D eigenvalue weighted by Crippen LogP contribution is 2.24. The predicted molar refractivity (Wildman–Crippen MR) is 135 cm³/mol. The summed E-state index contributed by atoms with van der Waals surface area (Å²) in [7, 11) is -1.15. The molecule has 4 aromatic carbocycles. The topological polar surface area (TPSA) is 29.1 Å². The van der Waals surface area contributed by atoms with Crippen LogP contribution in [0.5, 0.6) is 0 Å². The van der Waals surface area contributed by atoms with Gasteiger partial charge in [0.1, 0.15) is 0 Å². The molecule has 0 aliphatic rings. The van der Waals surface area contributed by atoms with Crippen molar-refractivity contribution < 1.29 is 4.21 Å². The lowest BCUT2D eigenvalue weighted by Crippen LogP contribution is -1.99. The van der Waals surface area contributed by atoms with Crippen LogP contribution in [0.15, 0.2) is 101 Å². The highest BCUT2D eigenvalue weighted by molar-refractivity contribution is 7.85. The average molecular weight is 440 g/mol. The molecule has 162 valence electrons. The van der Waals surface area contributed by atoms with Crippen molar-refractivity contribution in [1.29, 1.82) is 0 Å². The van der Waals surface area contributed by atoms with Gasteiger partial charge in [0.15, 0.2) is 0 Å². The zero-order valence-corrected chi connectivity index (χ0v) is 19.7. The van der Waals surface area contributed by atoms with Crippen LogP contribution in [0.1, 0.15) is 27.8 Å². The van der Waals surface area contributed by atoms with Crippen molar-refractivity contribution in [2.75, 3.05) is 5.32 Å². The lowest BCUT2D eigenvalue weighted by molar-refractivity contribution is 0.683. The molecule has 1 atom stereocenters. The number of nitrogens with one attached hydrogen (secondary N) is 1. The summed E-state index contributed by atoms with van der Waals surface area (Å²) >= 11 is 0. The summed E-state index contributed by atoms with van der Waals surface area (Å²) in [5.41, 5.74) is 8.63. The van der Waals surface area contributed by atoms with Crippen molar-refractivity contribution in [3.63, 3.8) is 0 Å². The summed E-state index contributed by atoms with van der Waals surface area (Å²) in [6, 6.07) is 30.8. The van der Waals surface area contributed by atoms with Gasteiger partial charge in [-0.3, -0.25) is 0 Å². The zero-order chi connectivity index (χ0) is 22.5. The lowest BCUT2D eigenvalue weighted by atomic mass is 10.00. The van der Waals surface area contributed by atoms with Gasteiger partial charge < -0.3 is 5.32 Å². The van der Waals surface area contributed by atoms with Crippen molar-refractivity contribution >= 4 is 22.2 Å². The van der Waals surface area contributed by atoms with Crippen LogP contribution in [0.4, 0.5) is 11.4 Å². The van der Waals surface area contributed by atoms with Crippen LogP contribution in [0.3, 0.4) is 0 Å². The predicted octanol–water partition coefficient (Wildman–Crippen LogP) is 7.31. The fourth-order valence-electron chi connectivity index (χ4n) is 3.78. The van der Waals surface area contributed by atoms with E-state index in [0.717, 1.165) is 34.0 Å². The van der Waals surface area contributed by atoms with Crippen LogP contribution >= 0.6 is 0 Å². The van der Waals surface area contributed by atoms with Gasteiger partial charge in [0, 0.05) is 21.2 Å². The molecule has 32 heavy (non-hydrogen) atoms. The van der Waals surface area contributed by atoms with Crippen LogP contribution in [0.25, 0.3) is 0 Å². The van der Waals surface area contributed by atoms with Gasteiger partial charge in [-0.25, -0.2) is 4.21 Å². The largest absolute Gasteiger partial charge is 0.356 e. The Morgan fingerprint density at radius 1 is 0.625 bits per heavy atom. The second-order valence-corrected chi connectivity index (χ2v) is 9.77. The van der Waals surface area contributed by atoms with Gasteiger partial charge in [0.05, 0.1) is 10.8 Å². The van der Waals surface area contributed by atoms with Crippen molar-refractivity contribution in [3.05, 3.63) is 119 Å². The summed E-state index contributed by atoms with van der Waals surface area (Å²) in [6.07, 6.45) is 1.85. The van der Waals surface area contributed by atoms with Gasteiger partial charge in [-0.15, -0.1) is 0 Å². The minimum absolute atomic E-state index is 0.839. The molecule has 0 bridgehead atoms. The Bertz CT molecular complexity index is 1250. The van der Waals surface area contributed by atoms with E-state index in [1.165, 1.54) is 27.8 Å². The average Bonchev–Trinajstić information content (AvgIpc) is 2.82. The monoisotopic (exact) mass is 439 g/mol. The first-order valence-corrected chi connectivity index (χ1v) is 12.1. The van der Waals surface area contributed by atoms with Crippen LogP contribution in [-0.4, -0.2) is 4.21 Å². The van der Waals surface area contributed by atoms with E-state index in [1.54, 1.807) is 0 Å². The van der Waals surface area contributed by atoms with Crippen LogP contribution in [-0.2, 0) is 23.6 Å². The first kappa shape index (κ1) is 22.0. The van der Waals surface area contributed by atoms with Gasteiger partial charge in [-0.1, -0.05) is 42.5 Å². The third kappa shape index (κ3) is 5.35. The Morgan fingerprint density at radius 3 is 2.06 bits per heavy atom. The maximum absolute atomic E-state index is 12.9. The Kier molecular flexibility index (Phi) is 6.87. The minimum Gasteiger partial charge on any atom is -0.356 e.